The summed E-state index contributed by atoms with van der Waals surface area (Å²) in [6.45, 7) is 1.63. The minimum Gasteiger partial charge on any atom is -0.328 e. The first kappa shape index (κ1) is 16.5. The summed E-state index contributed by atoms with van der Waals surface area (Å²) in [5.74, 6) is -1.00. The summed E-state index contributed by atoms with van der Waals surface area (Å²) in [5.41, 5.74) is 5.57. The quantitative estimate of drug-likeness (QED) is 0.843. The maximum Gasteiger partial charge on any atom is 0.393 e. The molecule has 3 atom stereocenters. The van der Waals surface area contributed by atoms with E-state index in [0.717, 1.165) is 0 Å². The average molecular weight is 320 g/mol. The van der Waals surface area contributed by atoms with Crippen LogP contribution in [0.4, 0.5) is 18.0 Å². The van der Waals surface area contributed by atoms with Crippen molar-refractivity contribution in [2.75, 3.05) is 13.1 Å². The standard InChI is InChI=1S/C12H19F3N6O/c1-7(10-19-17-6-20(10)2)18-11(22)21-4-3-8(9(16)5-21)12(13,14)15/h6-9H,3-5,16H2,1-2H3,(H,18,22). The van der Waals surface area contributed by atoms with Crippen molar-refractivity contribution in [2.24, 2.45) is 18.7 Å². The van der Waals surface area contributed by atoms with Crippen LogP contribution in [-0.4, -0.2) is 51.0 Å². The zero-order valence-electron chi connectivity index (χ0n) is 12.3. The summed E-state index contributed by atoms with van der Waals surface area (Å²) in [6, 6.07) is -1.97. The van der Waals surface area contributed by atoms with Gasteiger partial charge in [-0.1, -0.05) is 0 Å². The number of aromatic nitrogens is 3. The van der Waals surface area contributed by atoms with Gasteiger partial charge in [-0.15, -0.1) is 10.2 Å². The van der Waals surface area contributed by atoms with Gasteiger partial charge in [0.25, 0.3) is 0 Å². The fraction of sp³-hybridized carbons (Fsp3) is 0.750. The van der Waals surface area contributed by atoms with Gasteiger partial charge < -0.3 is 20.5 Å². The van der Waals surface area contributed by atoms with E-state index in [4.69, 9.17) is 5.73 Å². The van der Waals surface area contributed by atoms with Crippen LogP contribution in [0.5, 0.6) is 0 Å². The molecule has 1 aromatic rings. The Morgan fingerprint density at radius 3 is 2.73 bits per heavy atom. The number of likely N-dealkylation sites (tertiary alicyclic amines) is 1. The summed E-state index contributed by atoms with van der Waals surface area (Å²) < 4.78 is 39.9. The van der Waals surface area contributed by atoms with Gasteiger partial charge in [0.15, 0.2) is 5.82 Å². The third-order valence-corrected chi connectivity index (χ3v) is 3.84. The third-order valence-electron chi connectivity index (χ3n) is 3.84. The van der Waals surface area contributed by atoms with E-state index < -0.39 is 30.2 Å². The lowest BCUT2D eigenvalue weighted by atomic mass is 9.92. The normalized spacial score (nSPS) is 24.2. The molecular formula is C12H19F3N6O. The summed E-state index contributed by atoms with van der Waals surface area (Å²) >= 11 is 0. The van der Waals surface area contributed by atoms with Crippen LogP contribution in [0.25, 0.3) is 0 Å². The Bertz CT molecular complexity index is 531. The number of piperidine rings is 1. The van der Waals surface area contributed by atoms with Crippen molar-refractivity contribution in [3.63, 3.8) is 0 Å². The van der Waals surface area contributed by atoms with Gasteiger partial charge in [0.1, 0.15) is 6.33 Å². The van der Waals surface area contributed by atoms with Crippen LogP contribution in [-0.2, 0) is 7.05 Å². The number of rotatable bonds is 2. The molecule has 22 heavy (non-hydrogen) atoms. The van der Waals surface area contributed by atoms with E-state index in [-0.39, 0.29) is 19.5 Å². The van der Waals surface area contributed by atoms with Gasteiger partial charge in [-0.3, -0.25) is 0 Å². The van der Waals surface area contributed by atoms with Crippen LogP contribution in [0.2, 0.25) is 0 Å². The van der Waals surface area contributed by atoms with Crippen molar-refractivity contribution in [1.29, 1.82) is 0 Å². The Balaban J connectivity index is 1.93. The van der Waals surface area contributed by atoms with E-state index in [1.807, 2.05) is 0 Å². The maximum atomic E-state index is 12.7. The molecule has 0 bridgehead atoms. The number of nitrogens with one attached hydrogen (secondary N) is 1. The van der Waals surface area contributed by atoms with Crippen LogP contribution < -0.4 is 11.1 Å². The van der Waals surface area contributed by atoms with Crippen molar-refractivity contribution in [3.8, 4) is 0 Å². The molecule has 0 radical (unpaired) electrons. The molecule has 0 spiro atoms. The van der Waals surface area contributed by atoms with Gasteiger partial charge in [0, 0.05) is 26.2 Å². The number of aryl methyl sites for hydroxylation is 1. The van der Waals surface area contributed by atoms with E-state index in [9.17, 15) is 18.0 Å². The molecule has 3 N–H and O–H groups in total. The molecule has 0 saturated carbocycles. The number of alkyl halides is 3. The summed E-state index contributed by atoms with van der Waals surface area (Å²) in [5, 5.41) is 10.3. The second kappa shape index (κ2) is 6.11. The lowest BCUT2D eigenvalue weighted by Crippen LogP contribution is -2.56. The first-order chi connectivity index (χ1) is 10.2. The second-order valence-corrected chi connectivity index (χ2v) is 5.52. The lowest BCUT2D eigenvalue weighted by molar-refractivity contribution is -0.188. The topological polar surface area (TPSA) is 89.1 Å². The van der Waals surface area contributed by atoms with Crippen LogP contribution in [0.1, 0.15) is 25.2 Å². The Morgan fingerprint density at radius 1 is 1.55 bits per heavy atom. The van der Waals surface area contributed by atoms with Crippen LogP contribution in [0.3, 0.4) is 0 Å². The number of nitrogens with two attached hydrogens (primary N) is 1. The number of urea groups is 1. The number of halogens is 3. The molecule has 2 heterocycles. The molecule has 2 amide bonds. The molecule has 7 nitrogen and oxygen atoms in total. The fourth-order valence-electron chi connectivity index (χ4n) is 2.60. The summed E-state index contributed by atoms with van der Waals surface area (Å²) in [7, 11) is 1.74. The highest BCUT2D eigenvalue weighted by molar-refractivity contribution is 5.74. The molecule has 124 valence electrons. The number of nitrogens with zero attached hydrogens (tertiary/aromatic N) is 4. The molecule has 0 aromatic carbocycles. The molecule has 10 heteroatoms. The molecule has 0 aliphatic carbocycles. The molecule has 3 unspecified atom stereocenters. The van der Waals surface area contributed by atoms with E-state index in [1.165, 1.54) is 11.2 Å². The highest BCUT2D eigenvalue weighted by Crippen LogP contribution is 2.33. The minimum atomic E-state index is -4.33. The van der Waals surface area contributed by atoms with Crippen molar-refractivity contribution >= 4 is 6.03 Å². The summed E-state index contributed by atoms with van der Waals surface area (Å²) in [4.78, 5) is 13.4. The SMILES string of the molecule is CC(NC(=O)N1CCC(C(F)(F)F)C(N)C1)c1nncn1C. The molecule has 1 fully saturated rings. The highest BCUT2D eigenvalue weighted by Gasteiger charge is 2.46. The van der Waals surface area contributed by atoms with Gasteiger partial charge in [-0.05, 0) is 13.3 Å². The fourth-order valence-corrected chi connectivity index (χ4v) is 2.60. The average Bonchev–Trinajstić information content (AvgIpc) is 2.83. The molecular weight excluding hydrogens is 301 g/mol. The molecule has 1 saturated heterocycles. The number of carbonyl (C=O) groups is 1. The zero-order chi connectivity index (χ0) is 16.5. The number of amides is 2. The Hall–Kier alpha value is -1.84. The number of hydrogen-bond acceptors (Lipinski definition) is 4. The van der Waals surface area contributed by atoms with Crippen LogP contribution >= 0.6 is 0 Å². The molecule has 1 aromatic heterocycles. The van der Waals surface area contributed by atoms with Gasteiger partial charge >= 0.3 is 12.2 Å². The molecule has 1 aliphatic rings. The van der Waals surface area contributed by atoms with Crippen molar-refractivity contribution in [3.05, 3.63) is 12.2 Å². The third kappa shape index (κ3) is 3.49. The monoisotopic (exact) mass is 320 g/mol. The maximum absolute atomic E-state index is 12.7. The van der Waals surface area contributed by atoms with Gasteiger partial charge in [-0.25, -0.2) is 4.79 Å². The second-order valence-electron chi connectivity index (χ2n) is 5.52. The lowest BCUT2D eigenvalue weighted by Gasteiger charge is -2.37. The van der Waals surface area contributed by atoms with E-state index in [2.05, 4.69) is 15.5 Å². The van der Waals surface area contributed by atoms with Crippen molar-refractivity contribution in [2.45, 2.75) is 31.6 Å². The number of hydrogen-bond donors (Lipinski definition) is 2. The Labute approximate surface area is 125 Å². The van der Waals surface area contributed by atoms with Gasteiger partial charge in [0.05, 0.1) is 12.0 Å². The zero-order valence-corrected chi connectivity index (χ0v) is 12.3. The predicted molar refractivity (Wildman–Crippen MR) is 71.7 cm³/mol. The smallest absolute Gasteiger partial charge is 0.328 e. The largest absolute Gasteiger partial charge is 0.393 e. The van der Waals surface area contributed by atoms with Gasteiger partial charge in [-0.2, -0.15) is 13.2 Å². The van der Waals surface area contributed by atoms with Crippen molar-refractivity contribution < 1.29 is 18.0 Å². The first-order valence-electron chi connectivity index (χ1n) is 6.91. The van der Waals surface area contributed by atoms with E-state index >= 15 is 0 Å². The predicted octanol–water partition coefficient (Wildman–Crippen LogP) is 0.797. The first-order valence-corrected chi connectivity index (χ1v) is 6.91. The van der Waals surface area contributed by atoms with E-state index in [0.29, 0.717) is 5.82 Å². The number of carbonyl (C=O) groups excluding carboxylic acids is 1. The highest BCUT2D eigenvalue weighted by atomic mass is 19.4. The summed E-state index contributed by atoms with van der Waals surface area (Å²) in [6.07, 6.45) is -3.01. The Kier molecular flexibility index (Phi) is 4.59. The van der Waals surface area contributed by atoms with Gasteiger partial charge in [0.2, 0.25) is 0 Å². The van der Waals surface area contributed by atoms with Crippen LogP contribution in [0, 0.1) is 5.92 Å². The molecule has 2 rings (SSSR count). The van der Waals surface area contributed by atoms with Crippen molar-refractivity contribution in [1.82, 2.24) is 25.0 Å². The van der Waals surface area contributed by atoms with Crippen LogP contribution in [0.15, 0.2) is 6.33 Å². The molecule has 1 aliphatic heterocycles. The van der Waals surface area contributed by atoms with E-state index in [1.54, 1.807) is 18.5 Å². The minimum absolute atomic E-state index is 0.0231. The Morgan fingerprint density at radius 2 is 2.23 bits per heavy atom.